The van der Waals surface area contributed by atoms with E-state index in [1.54, 1.807) is 14.2 Å². The van der Waals surface area contributed by atoms with Crippen molar-refractivity contribution in [3.05, 3.63) is 57.5 Å². The third-order valence-electron chi connectivity index (χ3n) is 5.40. The van der Waals surface area contributed by atoms with Gasteiger partial charge in [-0.25, -0.2) is 0 Å². The maximum Gasteiger partial charge on any atom is 0.263 e. The summed E-state index contributed by atoms with van der Waals surface area (Å²) < 4.78 is 7.00. The number of methoxy groups -OCH3 is 1. The van der Waals surface area contributed by atoms with E-state index in [4.69, 9.17) is 4.74 Å². The van der Waals surface area contributed by atoms with Crippen molar-refractivity contribution in [3.63, 3.8) is 0 Å². The highest BCUT2D eigenvalue weighted by atomic mass is 16.5. The first-order chi connectivity index (χ1) is 12.8. The molecule has 1 aliphatic heterocycles. The molecule has 0 spiro atoms. The first-order valence-electron chi connectivity index (χ1n) is 9.21. The summed E-state index contributed by atoms with van der Waals surface area (Å²) in [6.45, 7) is 7.68. The molecule has 0 unspecified atom stereocenters. The topological polar surface area (TPSA) is 54.8 Å². The molecule has 0 bridgehead atoms. The van der Waals surface area contributed by atoms with Crippen LogP contribution in [0, 0.1) is 13.8 Å². The number of rotatable bonds is 3. The fourth-order valence-electron chi connectivity index (χ4n) is 3.75. The van der Waals surface area contributed by atoms with Crippen LogP contribution in [0.25, 0.3) is 0 Å². The van der Waals surface area contributed by atoms with Crippen LogP contribution < -0.4 is 15.2 Å². The zero-order valence-corrected chi connectivity index (χ0v) is 16.7. The SMILES string of the molecule is COc1ccccc1N1CCN(C(=O)c2c(C)cc(C)n(C)c2=O)[C@@H](C)C1. The number of para-hydroxylation sites is 2. The third-order valence-corrected chi connectivity index (χ3v) is 5.40. The van der Waals surface area contributed by atoms with Crippen LogP contribution in [-0.2, 0) is 7.05 Å². The molecular formula is C21H27N3O3. The smallest absolute Gasteiger partial charge is 0.263 e. The summed E-state index contributed by atoms with van der Waals surface area (Å²) in [5.41, 5.74) is 2.67. The number of aromatic nitrogens is 1. The van der Waals surface area contributed by atoms with Gasteiger partial charge < -0.3 is 19.1 Å². The van der Waals surface area contributed by atoms with Crippen LogP contribution in [0.1, 0.15) is 28.5 Å². The Labute approximate surface area is 160 Å². The molecule has 6 nitrogen and oxygen atoms in total. The molecule has 144 valence electrons. The van der Waals surface area contributed by atoms with E-state index in [2.05, 4.69) is 4.90 Å². The second kappa shape index (κ2) is 7.47. The van der Waals surface area contributed by atoms with Crippen LogP contribution in [0.15, 0.2) is 35.1 Å². The van der Waals surface area contributed by atoms with E-state index < -0.39 is 0 Å². The van der Waals surface area contributed by atoms with E-state index in [0.717, 1.165) is 22.7 Å². The zero-order chi connectivity index (χ0) is 19.7. The number of aryl methyl sites for hydroxylation is 2. The van der Waals surface area contributed by atoms with Crippen LogP contribution in [0.3, 0.4) is 0 Å². The van der Waals surface area contributed by atoms with Gasteiger partial charge in [-0.15, -0.1) is 0 Å². The Hall–Kier alpha value is -2.76. The summed E-state index contributed by atoms with van der Waals surface area (Å²) in [7, 11) is 3.37. The Bertz CT molecular complexity index is 919. The molecule has 6 heteroatoms. The Balaban J connectivity index is 1.84. The predicted octanol–water partition coefficient (Wildman–Crippen LogP) is 2.36. The highest BCUT2D eigenvalue weighted by Gasteiger charge is 2.31. The van der Waals surface area contributed by atoms with Gasteiger partial charge in [-0.05, 0) is 44.5 Å². The Morgan fingerprint density at radius 3 is 2.56 bits per heavy atom. The van der Waals surface area contributed by atoms with Crippen molar-refractivity contribution in [2.75, 3.05) is 31.6 Å². The van der Waals surface area contributed by atoms with Crippen molar-refractivity contribution in [1.82, 2.24) is 9.47 Å². The number of hydrogen-bond donors (Lipinski definition) is 0. The number of nitrogens with zero attached hydrogens (tertiary/aromatic N) is 3. The number of piperazine rings is 1. The molecular weight excluding hydrogens is 342 g/mol. The van der Waals surface area contributed by atoms with Gasteiger partial charge in [0.25, 0.3) is 11.5 Å². The maximum absolute atomic E-state index is 13.2. The van der Waals surface area contributed by atoms with Gasteiger partial charge in [0.15, 0.2) is 0 Å². The number of ether oxygens (including phenoxy) is 1. The lowest BCUT2D eigenvalue weighted by atomic mass is 10.1. The number of hydrogen-bond acceptors (Lipinski definition) is 4. The average Bonchev–Trinajstić information content (AvgIpc) is 2.66. The largest absolute Gasteiger partial charge is 0.495 e. The van der Waals surface area contributed by atoms with Crippen molar-refractivity contribution in [2.45, 2.75) is 26.8 Å². The molecule has 3 rings (SSSR count). The first-order valence-corrected chi connectivity index (χ1v) is 9.21. The van der Waals surface area contributed by atoms with Crippen molar-refractivity contribution >= 4 is 11.6 Å². The van der Waals surface area contributed by atoms with Crippen LogP contribution in [0.2, 0.25) is 0 Å². The highest BCUT2D eigenvalue weighted by molar-refractivity contribution is 5.95. The molecule has 0 N–H and O–H groups in total. The van der Waals surface area contributed by atoms with Gasteiger partial charge >= 0.3 is 0 Å². The van der Waals surface area contributed by atoms with Crippen molar-refractivity contribution in [3.8, 4) is 5.75 Å². The lowest BCUT2D eigenvalue weighted by molar-refractivity contribution is 0.0670. The van der Waals surface area contributed by atoms with Crippen LogP contribution in [0.5, 0.6) is 5.75 Å². The van der Waals surface area contributed by atoms with Gasteiger partial charge in [-0.1, -0.05) is 12.1 Å². The van der Waals surface area contributed by atoms with E-state index in [9.17, 15) is 9.59 Å². The van der Waals surface area contributed by atoms with E-state index in [1.165, 1.54) is 4.57 Å². The molecule has 2 aromatic rings. The summed E-state index contributed by atoms with van der Waals surface area (Å²) >= 11 is 0. The van der Waals surface area contributed by atoms with Crippen molar-refractivity contribution < 1.29 is 9.53 Å². The van der Waals surface area contributed by atoms with E-state index in [-0.39, 0.29) is 23.1 Å². The number of carbonyl (C=O) groups excluding carboxylic acids is 1. The van der Waals surface area contributed by atoms with Gasteiger partial charge in [0.2, 0.25) is 0 Å². The summed E-state index contributed by atoms with van der Waals surface area (Å²) in [5.74, 6) is 0.646. The molecule has 0 radical (unpaired) electrons. The molecule has 1 aromatic carbocycles. The summed E-state index contributed by atoms with van der Waals surface area (Å²) in [6.07, 6.45) is 0. The van der Waals surface area contributed by atoms with E-state index in [1.807, 2.05) is 56.0 Å². The van der Waals surface area contributed by atoms with Gasteiger partial charge in [-0.2, -0.15) is 0 Å². The van der Waals surface area contributed by atoms with E-state index in [0.29, 0.717) is 19.6 Å². The molecule has 1 fully saturated rings. The van der Waals surface area contributed by atoms with Crippen LogP contribution >= 0.6 is 0 Å². The average molecular weight is 369 g/mol. The fourth-order valence-corrected chi connectivity index (χ4v) is 3.75. The fraction of sp³-hybridized carbons (Fsp3) is 0.429. The monoisotopic (exact) mass is 369 g/mol. The highest BCUT2D eigenvalue weighted by Crippen LogP contribution is 2.29. The Morgan fingerprint density at radius 1 is 1.19 bits per heavy atom. The van der Waals surface area contributed by atoms with Crippen LogP contribution in [-0.4, -0.2) is 48.2 Å². The molecule has 27 heavy (non-hydrogen) atoms. The zero-order valence-electron chi connectivity index (χ0n) is 16.7. The van der Waals surface area contributed by atoms with Crippen molar-refractivity contribution in [1.29, 1.82) is 0 Å². The normalized spacial score (nSPS) is 17.1. The second-order valence-corrected chi connectivity index (χ2v) is 7.17. The molecule has 1 saturated heterocycles. The van der Waals surface area contributed by atoms with Crippen LogP contribution in [0.4, 0.5) is 5.69 Å². The van der Waals surface area contributed by atoms with E-state index >= 15 is 0 Å². The molecule has 1 atom stereocenters. The summed E-state index contributed by atoms with van der Waals surface area (Å²) in [6, 6.07) is 9.78. The lowest BCUT2D eigenvalue weighted by Crippen LogP contribution is -2.55. The van der Waals surface area contributed by atoms with Crippen molar-refractivity contribution in [2.24, 2.45) is 7.05 Å². The van der Waals surface area contributed by atoms with Gasteiger partial charge in [0.1, 0.15) is 11.3 Å². The molecule has 2 heterocycles. The number of anilines is 1. The predicted molar refractivity (Wildman–Crippen MR) is 107 cm³/mol. The first kappa shape index (κ1) is 19.0. The number of amides is 1. The van der Waals surface area contributed by atoms with Gasteiger partial charge in [-0.3, -0.25) is 9.59 Å². The molecule has 0 saturated carbocycles. The van der Waals surface area contributed by atoms with Gasteiger partial charge in [0, 0.05) is 38.4 Å². The molecule has 1 aromatic heterocycles. The minimum Gasteiger partial charge on any atom is -0.495 e. The molecule has 1 amide bonds. The quantitative estimate of drug-likeness (QED) is 0.834. The second-order valence-electron chi connectivity index (χ2n) is 7.17. The standard InChI is InChI=1S/C21H27N3O3/c1-14-12-15(2)22(4)20(25)19(14)21(26)24-11-10-23(13-16(24)3)17-8-6-7-9-18(17)27-5/h6-9,12,16H,10-11,13H2,1-5H3/t16-/m0/s1. The maximum atomic E-state index is 13.2. The number of benzene rings is 1. The third kappa shape index (κ3) is 3.44. The minimum absolute atomic E-state index is 0.0124. The number of pyridine rings is 1. The minimum atomic E-state index is -0.225. The number of carbonyl (C=O) groups is 1. The summed E-state index contributed by atoms with van der Waals surface area (Å²) in [5, 5.41) is 0. The molecule has 0 aliphatic carbocycles. The Kier molecular flexibility index (Phi) is 5.26. The lowest BCUT2D eigenvalue weighted by Gasteiger charge is -2.41. The molecule has 1 aliphatic rings. The van der Waals surface area contributed by atoms with Gasteiger partial charge in [0.05, 0.1) is 12.8 Å². The Morgan fingerprint density at radius 2 is 1.89 bits per heavy atom. The summed E-state index contributed by atoms with van der Waals surface area (Å²) in [4.78, 5) is 29.9.